The van der Waals surface area contributed by atoms with E-state index in [2.05, 4.69) is 54.8 Å². The third-order valence-corrected chi connectivity index (χ3v) is 14.4. The quantitative estimate of drug-likeness (QED) is 0.0399. The molecule has 1 aliphatic heterocycles. The number of ketones is 1. The molecule has 0 radical (unpaired) electrons. The lowest BCUT2D eigenvalue weighted by Crippen LogP contribution is -2.66. The molecule has 0 aromatic heterocycles. The van der Waals surface area contributed by atoms with E-state index in [4.69, 9.17) is 5.11 Å². The fourth-order valence-corrected chi connectivity index (χ4v) is 9.17. The molecule has 11 N–H and O–H groups in total. The lowest BCUT2D eigenvalue weighted by molar-refractivity contribution is -0.142. The minimum absolute atomic E-state index is 0.0296. The molecule has 1 heterocycles. The zero-order valence-electron chi connectivity index (χ0n) is 50.8. The van der Waals surface area contributed by atoms with E-state index in [1.54, 1.807) is 53.4 Å². The Morgan fingerprint density at radius 1 is 0.608 bits per heavy atom. The molecule has 454 valence electrons. The third kappa shape index (κ3) is 25.0. The normalized spacial score (nSPS) is 17.0. The highest BCUT2D eigenvalue weighted by atomic mass is 16.3. The molecule has 1 saturated heterocycles. The van der Waals surface area contributed by atoms with E-state index in [0.29, 0.717) is 38.9 Å². The summed E-state index contributed by atoms with van der Waals surface area (Å²) >= 11 is 0. The maximum absolute atomic E-state index is 14.1. The Labute approximate surface area is 471 Å². The summed E-state index contributed by atoms with van der Waals surface area (Å²) in [6, 6.07) is -6.00. The first kappa shape index (κ1) is 71.8. The van der Waals surface area contributed by atoms with Crippen LogP contribution in [0.3, 0.4) is 0 Å². The van der Waals surface area contributed by atoms with Gasteiger partial charge in [-0.05, 0) is 105 Å². The second kappa shape index (κ2) is 34.2. The van der Waals surface area contributed by atoms with E-state index in [0.717, 1.165) is 32.1 Å². The molecule has 1 aliphatic rings. The molecule has 0 bridgehead atoms. The Morgan fingerprint density at radius 3 is 1.73 bits per heavy atom. The van der Waals surface area contributed by atoms with Crippen molar-refractivity contribution in [2.75, 3.05) is 26.2 Å². The topological polar surface area (TPSA) is 323 Å². The van der Waals surface area contributed by atoms with Gasteiger partial charge in [0.25, 0.3) is 0 Å². The van der Waals surface area contributed by atoms with Gasteiger partial charge < -0.3 is 63.0 Å². The van der Waals surface area contributed by atoms with E-state index in [1.165, 1.54) is 54.9 Å². The van der Waals surface area contributed by atoms with E-state index < -0.39 is 112 Å². The first-order valence-corrected chi connectivity index (χ1v) is 29.0. The number of aliphatic hydroxyl groups excluding tert-OH is 2. The number of carbonyl (C=O) groups excluding carboxylic acids is 10. The lowest BCUT2D eigenvalue weighted by atomic mass is 9.92. The van der Waals surface area contributed by atoms with Crippen molar-refractivity contribution in [1.29, 1.82) is 0 Å². The summed E-state index contributed by atoms with van der Waals surface area (Å²) in [6.45, 7) is 27.2. The monoisotopic (exact) mass is 1120 g/mol. The molecule has 79 heavy (non-hydrogen) atoms. The fraction of sp³-hybridized carbons (Fsp3) is 0.825. The predicted molar refractivity (Wildman–Crippen MR) is 304 cm³/mol. The van der Waals surface area contributed by atoms with Gasteiger partial charge in [-0.15, -0.1) is 0 Å². The molecular formula is C57H104N10O12. The van der Waals surface area contributed by atoms with Gasteiger partial charge in [-0.1, -0.05) is 93.9 Å². The zero-order chi connectivity index (χ0) is 60.6. The molecule has 9 atom stereocenters. The van der Waals surface area contributed by atoms with Gasteiger partial charge >= 0.3 is 0 Å². The Balaban J connectivity index is 3.18. The van der Waals surface area contributed by atoms with Crippen LogP contribution in [0.25, 0.3) is 0 Å². The number of rotatable bonds is 37. The fourth-order valence-electron chi connectivity index (χ4n) is 9.17. The van der Waals surface area contributed by atoms with Crippen molar-refractivity contribution >= 4 is 58.9 Å². The molecule has 22 nitrogen and oxygen atoms in total. The number of nitrogens with zero attached hydrogens (tertiary/aromatic N) is 1. The van der Waals surface area contributed by atoms with E-state index in [-0.39, 0.29) is 61.9 Å². The molecule has 0 spiro atoms. The van der Waals surface area contributed by atoms with Crippen LogP contribution in [0.15, 0.2) is 0 Å². The minimum Gasteiger partial charge on any atom is -0.395 e. The summed E-state index contributed by atoms with van der Waals surface area (Å²) in [4.78, 5) is 138. The van der Waals surface area contributed by atoms with E-state index in [1.807, 2.05) is 6.92 Å². The van der Waals surface area contributed by atoms with Crippen LogP contribution in [0.1, 0.15) is 194 Å². The molecule has 0 aromatic carbocycles. The van der Waals surface area contributed by atoms with Gasteiger partial charge in [-0.2, -0.15) is 0 Å². The van der Waals surface area contributed by atoms with Crippen LogP contribution < -0.4 is 47.9 Å². The molecule has 22 heteroatoms. The van der Waals surface area contributed by atoms with Gasteiger partial charge in [-0.3, -0.25) is 47.9 Å². The van der Waals surface area contributed by atoms with Crippen molar-refractivity contribution in [3.63, 3.8) is 0 Å². The van der Waals surface area contributed by atoms with Gasteiger partial charge in [0.2, 0.25) is 53.2 Å². The van der Waals surface area contributed by atoms with Crippen molar-refractivity contribution in [1.82, 2.24) is 52.8 Å². The Hall–Kier alpha value is -5.22. The molecule has 0 unspecified atom stereocenters. The molecule has 0 aromatic rings. The highest BCUT2D eigenvalue weighted by molar-refractivity contribution is 6.00. The van der Waals surface area contributed by atoms with Crippen molar-refractivity contribution in [2.24, 2.45) is 23.7 Å². The number of carbonyl (C=O) groups is 10. The standard InChI is InChI=1S/C57H104N10O12/c1-17-19-20-21-22-23-25-37(8)51(76)67-28-24-26-43(67)48(73)61-42(31-36(7)30-41(70)32-40(69)18-2)47(72)60-39(10)46(71)64-55(11,12)53(78)63-44(34(3)4)49(74)62-45(35(5)6)50(75)65-57(15,16)54(79)66-56(13,14)52(77)59-38(9)33-58-27-29-68/h34-39,41-45,58,68,70H,17-33H2,1-16H3,(H,59,77)(H,60,72)(H,61,73)(H,62,74)(H,63,78)(H,64,71)(H,65,75)(H,66,79)/t36-,37+,38-,39-,41-,42-,43+,44-,45-/m0/s1. The molecular weight excluding hydrogens is 1020 g/mol. The van der Waals surface area contributed by atoms with Gasteiger partial charge in [-0.25, -0.2) is 0 Å². The smallest absolute Gasteiger partial charge is 0.246 e. The summed E-state index contributed by atoms with van der Waals surface area (Å²) < 4.78 is 0. The van der Waals surface area contributed by atoms with Crippen LogP contribution in [-0.4, -0.2) is 159 Å². The Bertz CT molecular complexity index is 2030. The average Bonchev–Trinajstić information content (AvgIpc) is 3.85. The van der Waals surface area contributed by atoms with Gasteiger partial charge in [0.1, 0.15) is 52.6 Å². The number of hydrogen-bond acceptors (Lipinski definition) is 13. The minimum atomic E-state index is -1.67. The number of Topliss-reactive ketones (excluding diaryl/α,β-unsaturated/α-hetero) is 1. The maximum atomic E-state index is 14.1. The van der Waals surface area contributed by atoms with Crippen molar-refractivity contribution in [3.8, 4) is 0 Å². The summed E-state index contributed by atoms with van der Waals surface area (Å²) in [7, 11) is 0. The number of amides is 9. The van der Waals surface area contributed by atoms with Crippen LogP contribution >= 0.6 is 0 Å². The number of unbranched alkanes of at least 4 members (excludes halogenated alkanes) is 5. The first-order chi connectivity index (χ1) is 36.6. The maximum Gasteiger partial charge on any atom is 0.246 e. The van der Waals surface area contributed by atoms with Crippen LogP contribution in [0, 0.1) is 23.7 Å². The highest BCUT2D eigenvalue weighted by Crippen LogP contribution is 2.24. The molecule has 1 fully saturated rings. The third-order valence-electron chi connectivity index (χ3n) is 14.4. The largest absolute Gasteiger partial charge is 0.395 e. The van der Waals surface area contributed by atoms with E-state index >= 15 is 0 Å². The first-order valence-electron chi connectivity index (χ1n) is 29.0. The summed E-state index contributed by atoms with van der Waals surface area (Å²) in [5, 5.41) is 44.4. The summed E-state index contributed by atoms with van der Waals surface area (Å²) in [6.07, 6.45) is 7.64. The predicted octanol–water partition coefficient (Wildman–Crippen LogP) is 2.55. The number of aliphatic hydroxyl groups is 2. The number of nitrogens with one attached hydrogen (secondary N) is 9. The van der Waals surface area contributed by atoms with Crippen LogP contribution in [0.4, 0.5) is 0 Å². The Morgan fingerprint density at radius 2 is 1.15 bits per heavy atom. The van der Waals surface area contributed by atoms with Crippen molar-refractivity contribution in [3.05, 3.63) is 0 Å². The molecule has 1 rings (SSSR count). The van der Waals surface area contributed by atoms with Crippen LogP contribution in [0.2, 0.25) is 0 Å². The molecule has 0 saturated carbocycles. The van der Waals surface area contributed by atoms with Crippen LogP contribution in [-0.2, 0) is 47.9 Å². The highest BCUT2D eigenvalue weighted by Gasteiger charge is 2.42. The van der Waals surface area contributed by atoms with Crippen LogP contribution in [0.5, 0.6) is 0 Å². The lowest BCUT2D eigenvalue weighted by Gasteiger charge is -2.34. The second-order valence-corrected chi connectivity index (χ2v) is 24.3. The van der Waals surface area contributed by atoms with E-state index in [9.17, 15) is 53.1 Å². The summed E-state index contributed by atoms with van der Waals surface area (Å²) in [5.74, 6) is -7.29. The second-order valence-electron chi connectivity index (χ2n) is 24.3. The van der Waals surface area contributed by atoms with Crippen molar-refractivity contribution < 1.29 is 58.2 Å². The summed E-state index contributed by atoms with van der Waals surface area (Å²) in [5.41, 5.74) is -4.63. The SMILES string of the molecule is CCCCCCCC[C@@H](C)C(=O)N1CCC[C@@H]1C(=O)N[C@@H](C[C@@H](C)C[C@H](O)CC(=O)CC)C(=O)N[C@@H](C)C(=O)NC(C)(C)C(=O)N[C@H](C(=O)N[C@H](C(=O)NC(C)(C)C(=O)NC(C)(C)C(=O)N[C@@H](C)CNCCO)C(C)C)C(C)C. The van der Waals surface area contributed by atoms with Gasteiger partial charge in [0.05, 0.1) is 12.7 Å². The Kier molecular flexibility index (Phi) is 31.0. The number of hydrogen-bond donors (Lipinski definition) is 11. The molecule has 9 amide bonds. The number of likely N-dealkylation sites (tertiary alicyclic amines) is 1. The molecule has 0 aliphatic carbocycles. The van der Waals surface area contributed by atoms with Gasteiger partial charge in [0.15, 0.2) is 0 Å². The van der Waals surface area contributed by atoms with Gasteiger partial charge in [0, 0.05) is 44.4 Å². The average molecular weight is 1120 g/mol. The van der Waals surface area contributed by atoms with Crippen molar-refractivity contribution in [2.45, 2.75) is 253 Å². The zero-order valence-corrected chi connectivity index (χ0v) is 50.8.